The first kappa shape index (κ1) is 15.9. The summed E-state index contributed by atoms with van der Waals surface area (Å²) in [5.41, 5.74) is 0.311. The Morgan fingerprint density at radius 1 is 0.952 bits per heavy atom. The Balaban J connectivity index is 2.29. The van der Waals surface area contributed by atoms with Crippen LogP contribution in [-0.2, 0) is 19.9 Å². The lowest BCUT2D eigenvalue weighted by Crippen LogP contribution is -2.13. The van der Waals surface area contributed by atoms with Gasteiger partial charge in [0, 0.05) is 6.26 Å². The molecule has 0 fully saturated rings. The Bertz CT molecular complexity index is 845. The third-order valence-corrected chi connectivity index (χ3v) is 5.54. The van der Waals surface area contributed by atoms with Gasteiger partial charge in [-0.3, -0.25) is 4.72 Å². The van der Waals surface area contributed by atoms with Gasteiger partial charge in [0.2, 0.25) is 0 Å². The van der Waals surface area contributed by atoms with Gasteiger partial charge in [-0.05, 0) is 52.3 Å². The van der Waals surface area contributed by atoms with Crippen LogP contribution in [0.5, 0.6) is 0 Å². The molecule has 2 aromatic rings. The maximum absolute atomic E-state index is 12.1. The van der Waals surface area contributed by atoms with Gasteiger partial charge in [-0.1, -0.05) is 0 Å². The molecule has 0 aliphatic rings. The van der Waals surface area contributed by atoms with E-state index in [1.54, 1.807) is 12.1 Å². The van der Waals surface area contributed by atoms with Crippen LogP contribution >= 0.6 is 15.9 Å². The van der Waals surface area contributed by atoms with Crippen LogP contribution in [0.15, 0.2) is 57.0 Å². The SMILES string of the molecule is CS(=O)(=O)c1ccc(S(=O)(=O)Nc2ccc(Br)nc2)cc1. The van der Waals surface area contributed by atoms with Gasteiger partial charge < -0.3 is 0 Å². The lowest BCUT2D eigenvalue weighted by Gasteiger charge is -2.08. The molecule has 112 valence electrons. The Morgan fingerprint density at radius 2 is 1.52 bits per heavy atom. The lowest BCUT2D eigenvalue weighted by atomic mass is 10.4. The lowest BCUT2D eigenvalue weighted by molar-refractivity contribution is 0.597. The summed E-state index contributed by atoms with van der Waals surface area (Å²) in [7, 11) is -7.15. The van der Waals surface area contributed by atoms with Crippen molar-refractivity contribution in [1.82, 2.24) is 4.98 Å². The molecule has 0 aliphatic heterocycles. The summed E-state index contributed by atoms with van der Waals surface area (Å²) < 4.78 is 49.9. The molecule has 0 aliphatic carbocycles. The van der Waals surface area contributed by atoms with Crippen LogP contribution < -0.4 is 4.72 Å². The molecule has 0 spiro atoms. The van der Waals surface area contributed by atoms with Crippen molar-refractivity contribution < 1.29 is 16.8 Å². The molecule has 1 N–H and O–H groups in total. The first-order valence-corrected chi connectivity index (χ1v) is 9.80. The van der Waals surface area contributed by atoms with Crippen LogP contribution in [0.1, 0.15) is 0 Å². The second kappa shape index (κ2) is 5.74. The number of halogens is 1. The largest absolute Gasteiger partial charge is 0.278 e. The molecule has 0 radical (unpaired) electrons. The molecule has 0 atom stereocenters. The van der Waals surface area contributed by atoms with Crippen LogP contribution in [0.2, 0.25) is 0 Å². The summed E-state index contributed by atoms with van der Waals surface area (Å²) in [5.74, 6) is 0. The Labute approximate surface area is 131 Å². The fourth-order valence-corrected chi connectivity index (χ4v) is 3.42. The van der Waals surface area contributed by atoms with Crippen molar-refractivity contribution in [2.45, 2.75) is 9.79 Å². The molecule has 9 heteroatoms. The highest BCUT2D eigenvalue weighted by molar-refractivity contribution is 9.10. The van der Waals surface area contributed by atoms with E-state index in [-0.39, 0.29) is 9.79 Å². The van der Waals surface area contributed by atoms with Crippen molar-refractivity contribution in [3.05, 3.63) is 47.2 Å². The number of nitrogens with zero attached hydrogens (tertiary/aromatic N) is 1. The molecule has 0 saturated carbocycles. The molecule has 1 aromatic carbocycles. The van der Waals surface area contributed by atoms with Gasteiger partial charge in [0.15, 0.2) is 9.84 Å². The van der Waals surface area contributed by atoms with Crippen molar-refractivity contribution in [3.8, 4) is 0 Å². The minimum absolute atomic E-state index is 0.0298. The maximum atomic E-state index is 12.1. The van der Waals surface area contributed by atoms with E-state index in [0.717, 1.165) is 6.26 Å². The van der Waals surface area contributed by atoms with Crippen LogP contribution in [0.4, 0.5) is 5.69 Å². The summed E-state index contributed by atoms with van der Waals surface area (Å²) in [6.45, 7) is 0. The van der Waals surface area contributed by atoms with Gasteiger partial charge >= 0.3 is 0 Å². The van der Waals surface area contributed by atoms with E-state index in [9.17, 15) is 16.8 Å². The zero-order chi connectivity index (χ0) is 15.7. The number of pyridine rings is 1. The van der Waals surface area contributed by atoms with E-state index in [2.05, 4.69) is 25.6 Å². The number of aromatic nitrogens is 1. The summed E-state index contributed by atoms with van der Waals surface area (Å²) in [5, 5.41) is 0. The highest BCUT2D eigenvalue weighted by Crippen LogP contribution is 2.18. The zero-order valence-electron chi connectivity index (χ0n) is 10.8. The molecule has 6 nitrogen and oxygen atoms in total. The van der Waals surface area contributed by atoms with Crippen LogP contribution in [0.3, 0.4) is 0 Å². The topological polar surface area (TPSA) is 93.2 Å². The average molecular weight is 391 g/mol. The van der Waals surface area contributed by atoms with Crippen molar-refractivity contribution >= 4 is 41.5 Å². The van der Waals surface area contributed by atoms with Crippen LogP contribution in [0, 0.1) is 0 Å². The van der Waals surface area contributed by atoms with E-state index in [1.165, 1.54) is 30.5 Å². The fourth-order valence-electron chi connectivity index (χ4n) is 1.52. The van der Waals surface area contributed by atoms with E-state index in [4.69, 9.17) is 0 Å². The Kier molecular flexibility index (Phi) is 4.35. The van der Waals surface area contributed by atoms with Gasteiger partial charge in [0.25, 0.3) is 10.0 Å². The molecular weight excluding hydrogens is 380 g/mol. The second-order valence-electron chi connectivity index (χ2n) is 4.22. The zero-order valence-corrected chi connectivity index (χ0v) is 14.0. The van der Waals surface area contributed by atoms with E-state index in [1.807, 2.05) is 0 Å². The number of sulfonamides is 1. The Morgan fingerprint density at radius 3 is 2.00 bits per heavy atom. The molecule has 2 rings (SSSR count). The highest BCUT2D eigenvalue weighted by Gasteiger charge is 2.15. The number of rotatable bonds is 4. The van der Waals surface area contributed by atoms with Crippen molar-refractivity contribution in [3.63, 3.8) is 0 Å². The summed E-state index contributed by atoms with van der Waals surface area (Å²) >= 11 is 3.15. The maximum Gasteiger partial charge on any atom is 0.261 e. The molecule has 1 heterocycles. The normalized spacial score (nSPS) is 12.1. The van der Waals surface area contributed by atoms with E-state index < -0.39 is 19.9 Å². The minimum Gasteiger partial charge on any atom is -0.278 e. The van der Waals surface area contributed by atoms with Crippen molar-refractivity contribution in [2.24, 2.45) is 0 Å². The van der Waals surface area contributed by atoms with Crippen LogP contribution in [0.25, 0.3) is 0 Å². The number of anilines is 1. The molecular formula is C12H11BrN2O4S2. The van der Waals surface area contributed by atoms with E-state index in [0.29, 0.717) is 10.3 Å². The van der Waals surface area contributed by atoms with Crippen LogP contribution in [-0.4, -0.2) is 28.1 Å². The molecule has 0 bridgehead atoms. The molecule has 1 aromatic heterocycles. The first-order chi connectivity index (χ1) is 9.68. The molecule has 0 amide bonds. The summed E-state index contributed by atoms with van der Waals surface area (Å²) in [6.07, 6.45) is 2.43. The number of benzene rings is 1. The fraction of sp³-hybridized carbons (Fsp3) is 0.0833. The highest BCUT2D eigenvalue weighted by atomic mass is 79.9. The van der Waals surface area contributed by atoms with Crippen molar-refractivity contribution in [2.75, 3.05) is 11.0 Å². The third-order valence-electron chi connectivity index (χ3n) is 2.54. The third kappa shape index (κ3) is 4.02. The average Bonchev–Trinajstić information content (AvgIpc) is 2.40. The number of nitrogens with one attached hydrogen (secondary N) is 1. The van der Waals surface area contributed by atoms with E-state index >= 15 is 0 Å². The number of hydrogen-bond donors (Lipinski definition) is 1. The number of sulfone groups is 1. The first-order valence-electron chi connectivity index (χ1n) is 5.63. The summed E-state index contributed by atoms with van der Waals surface area (Å²) in [4.78, 5) is 3.95. The van der Waals surface area contributed by atoms with Gasteiger partial charge in [-0.25, -0.2) is 21.8 Å². The van der Waals surface area contributed by atoms with Gasteiger partial charge in [0.05, 0.1) is 21.7 Å². The monoisotopic (exact) mass is 390 g/mol. The molecule has 21 heavy (non-hydrogen) atoms. The Hall–Kier alpha value is -1.45. The molecule has 0 unspecified atom stereocenters. The van der Waals surface area contributed by atoms with Crippen molar-refractivity contribution in [1.29, 1.82) is 0 Å². The quantitative estimate of drug-likeness (QED) is 0.806. The summed E-state index contributed by atoms with van der Waals surface area (Å²) in [6, 6.07) is 8.15. The number of hydrogen-bond acceptors (Lipinski definition) is 5. The van der Waals surface area contributed by atoms with Gasteiger partial charge in [0.1, 0.15) is 4.60 Å². The predicted molar refractivity (Wildman–Crippen MR) is 82.3 cm³/mol. The van der Waals surface area contributed by atoms with Gasteiger partial charge in [-0.2, -0.15) is 0 Å². The molecule has 0 saturated heterocycles. The predicted octanol–water partition coefficient (Wildman–Crippen LogP) is 2.05. The minimum atomic E-state index is -3.79. The van der Waals surface area contributed by atoms with Gasteiger partial charge in [-0.15, -0.1) is 0 Å². The smallest absolute Gasteiger partial charge is 0.261 e. The second-order valence-corrected chi connectivity index (χ2v) is 8.73. The standard InChI is InChI=1S/C12H11BrN2O4S2/c1-20(16,17)10-3-5-11(6-4-10)21(18,19)15-9-2-7-12(13)14-8-9/h2-8,15H,1H3.